The molecule has 1 amide bonds. The monoisotopic (exact) mass is 356 g/mol. The lowest BCUT2D eigenvalue weighted by molar-refractivity contribution is 0.0752. The average Bonchev–Trinajstić information content (AvgIpc) is 2.73. The van der Waals surface area contributed by atoms with Gasteiger partial charge in [0.15, 0.2) is 0 Å². The normalized spacial score (nSPS) is 10.1. The van der Waals surface area contributed by atoms with E-state index in [4.69, 9.17) is 5.26 Å². The molecule has 0 spiro atoms. The average molecular weight is 356 g/mol. The van der Waals surface area contributed by atoms with Crippen molar-refractivity contribution in [3.63, 3.8) is 0 Å². The fourth-order valence-corrected chi connectivity index (χ4v) is 2.72. The van der Waals surface area contributed by atoms with Crippen molar-refractivity contribution in [2.24, 2.45) is 0 Å². The van der Waals surface area contributed by atoms with E-state index in [-0.39, 0.29) is 5.91 Å². The van der Waals surface area contributed by atoms with E-state index in [0.717, 1.165) is 11.3 Å². The van der Waals surface area contributed by atoms with Crippen LogP contribution in [0, 0.1) is 11.3 Å². The van der Waals surface area contributed by atoms with Crippen LogP contribution in [0.4, 0.5) is 11.5 Å². The van der Waals surface area contributed by atoms with E-state index >= 15 is 0 Å². The van der Waals surface area contributed by atoms with Crippen molar-refractivity contribution in [1.82, 2.24) is 9.88 Å². The Hall–Kier alpha value is -3.65. The van der Waals surface area contributed by atoms with Crippen molar-refractivity contribution in [1.29, 1.82) is 5.26 Å². The minimum Gasteiger partial charge on any atom is -0.340 e. The van der Waals surface area contributed by atoms with Gasteiger partial charge in [0.05, 0.1) is 17.2 Å². The van der Waals surface area contributed by atoms with E-state index in [1.807, 2.05) is 49.4 Å². The number of nitrogens with zero attached hydrogens (tertiary/aromatic N) is 3. The van der Waals surface area contributed by atoms with Crippen molar-refractivity contribution in [3.05, 3.63) is 89.6 Å². The van der Waals surface area contributed by atoms with Crippen LogP contribution in [-0.4, -0.2) is 22.3 Å². The molecule has 1 N–H and O–H groups in total. The molecule has 5 nitrogen and oxygen atoms in total. The molecule has 0 saturated carbocycles. The summed E-state index contributed by atoms with van der Waals surface area (Å²) in [7, 11) is 0. The minimum absolute atomic E-state index is 0.0492. The first-order chi connectivity index (χ1) is 13.2. The van der Waals surface area contributed by atoms with Gasteiger partial charge in [-0.25, -0.2) is 4.98 Å². The largest absolute Gasteiger partial charge is 0.340 e. The van der Waals surface area contributed by atoms with Crippen LogP contribution in [0.15, 0.2) is 72.9 Å². The van der Waals surface area contributed by atoms with Gasteiger partial charge in [-0.3, -0.25) is 4.79 Å². The Labute approximate surface area is 158 Å². The Bertz CT molecular complexity index is 946. The van der Waals surface area contributed by atoms with Crippen LogP contribution >= 0.6 is 0 Å². The summed E-state index contributed by atoms with van der Waals surface area (Å²) in [5.74, 6) is 0.569. The number of rotatable bonds is 6. The van der Waals surface area contributed by atoms with Gasteiger partial charge in [0, 0.05) is 25.0 Å². The summed E-state index contributed by atoms with van der Waals surface area (Å²) in [6.45, 7) is 3.15. The lowest BCUT2D eigenvalue weighted by atomic mass is 10.2. The molecule has 0 unspecified atom stereocenters. The van der Waals surface area contributed by atoms with Crippen LogP contribution in [0.3, 0.4) is 0 Å². The zero-order valence-electron chi connectivity index (χ0n) is 15.1. The zero-order valence-corrected chi connectivity index (χ0v) is 15.1. The molecule has 5 heteroatoms. The van der Waals surface area contributed by atoms with Gasteiger partial charge in [-0.1, -0.05) is 36.4 Å². The van der Waals surface area contributed by atoms with Crippen LogP contribution in [-0.2, 0) is 6.54 Å². The van der Waals surface area contributed by atoms with Crippen molar-refractivity contribution in [3.8, 4) is 6.07 Å². The SMILES string of the molecule is CCN(Cc1ccccc1)C(=O)c1ccc(Nc2cccc(C#N)c2)nc1. The molecule has 3 aromatic rings. The maximum atomic E-state index is 12.8. The smallest absolute Gasteiger partial charge is 0.255 e. The molecule has 1 heterocycles. The third kappa shape index (κ3) is 4.71. The summed E-state index contributed by atoms with van der Waals surface area (Å²) in [5.41, 5.74) is 2.99. The Morgan fingerprint density at radius 2 is 1.93 bits per heavy atom. The molecule has 0 aliphatic heterocycles. The number of carbonyl (C=O) groups is 1. The zero-order chi connectivity index (χ0) is 19.1. The van der Waals surface area contributed by atoms with E-state index in [1.165, 1.54) is 0 Å². The molecule has 0 saturated heterocycles. The second kappa shape index (κ2) is 8.63. The summed E-state index contributed by atoms with van der Waals surface area (Å²) in [5, 5.41) is 12.1. The second-order valence-electron chi connectivity index (χ2n) is 6.05. The molecular weight excluding hydrogens is 336 g/mol. The molecule has 0 radical (unpaired) electrons. The molecule has 0 fully saturated rings. The highest BCUT2D eigenvalue weighted by atomic mass is 16.2. The summed E-state index contributed by atoms with van der Waals surface area (Å²) in [6.07, 6.45) is 1.58. The van der Waals surface area contributed by atoms with Crippen molar-refractivity contribution in [2.75, 3.05) is 11.9 Å². The topological polar surface area (TPSA) is 69.0 Å². The van der Waals surface area contributed by atoms with E-state index in [1.54, 1.807) is 35.4 Å². The molecule has 0 aliphatic carbocycles. The van der Waals surface area contributed by atoms with Crippen molar-refractivity contribution < 1.29 is 4.79 Å². The van der Waals surface area contributed by atoms with E-state index in [0.29, 0.717) is 30.0 Å². The number of hydrogen-bond acceptors (Lipinski definition) is 4. The van der Waals surface area contributed by atoms with Crippen LogP contribution < -0.4 is 5.32 Å². The first-order valence-corrected chi connectivity index (χ1v) is 8.76. The Kier molecular flexibility index (Phi) is 5.80. The lowest BCUT2D eigenvalue weighted by Crippen LogP contribution is -2.30. The Morgan fingerprint density at radius 1 is 1.11 bits per heavy atom. The first-order valence-electron chi connectivity index (χ1n) is 8.76. The molecule has 134 valence electrons. The summed E-state index contributed by atoms with van der Waals surface area (Å²) in [6, 6.07) is 22.7. The van der Waals surface area contributed by atoms with Crippen LogP contribution in [0.2, 0.25) is 0 Å². The fourth-order valence-electron chi connectivity index (χ4n) is 2.72. The number of hydrogen-bond donors (Lipinski definition) is 1. The number of anilines is 2. The van der Waals surface area contributed by atoms with Crippen LogP contribution in [0.25, 0.3) is 0 Å². The standard InChI is InChI=1S/C22H20N4O/c1-2-26(16-17-7-4-3-5-8-17)22(27)19-11-12-21(24-15-19)25-20-10-6-9-18(13-20)14-23/h3-13,15H,2,16H2,1H3,(H,24,25). The molecule has 0 atom stereocenters. The van der Waals surface area contributed by atoms with Gasteiger partial charge in [-0.05, 0) is 42.8 Å². The predicted molar refractivity (Wildman–Crippen MR) is 106 cm³/mol. The van der Waals surface area contributed by atoms with Crippen LogP contribution in [0.1, 0.15) is 28.4 Å². The number of aromatic nitrogens is 1. The number of nitriles is 1. The molecule has 1 aromatic heterocycles. The summed E-state index contributed by atoms with van der Waals surface area (Å²) in [4.78, 5) is 18.9. The van der Waals surface area contributed by atoms with E-state index in [9.17, 15) is 4.79 Å². The minimum atomic E-state index is -0.0492. The maximum absolute atomic E-state index is 12.8. The highest BCUT2D eigenvalue weighted by Crippen LogP contribution is 2.17. The number of pyridine rings is 1. The fraction of sp³-hybridized carbons (Fsp3) is 0.136. The molecule has 2 aromatic carbocycles. The summed E-state index contributed by atoms with van der Waals surface area (Å²) >= 11 is 0. The quantitative estimate of drug-likeness (QED) is 0.712. The van der Waals surface area contributed by atoms with E-state index in [2.05, 4.69) is 16.4 Å². The number of carbonyl (C=O) groups excluding carboxylic acids is 1. The van der Waals surface area contributed by atoms with Gasteiger partial charge in [0.2, 0.25) is 0 Å². The highest BCUT2D eigenvalue weighted by molar-refractivity contribution is 5.94. The molecular formula is C22H20N4O. The van der Waals surface area contributed by atoms with Crippen molar-refractivity contribution >= 4 is 17.4 Å². The van der Waals surface area contributed by atoms with Gasteiger partial charge in [0.1, 0.15) is 5.82 Å². The number of nitrogens with one attached hydrogen (secondary N) is 1. The van der Waals surface area contributed by atoms with Gasteiger partial charge in [-0.15, -0.1) is 0 Å². The molecule has 0 bridgehead atoms. The van der Waals surface area contributed by atoms with Crippen LogP contribution in [0.5, 0.6) is 0 Å². The maximum Gasteiger partial charge on any atom is 0.255 e. The molecule has 3 rings (SSSR count). The van der Waals surface area contributed by atoms with Gasteiger partial charge in [0.25, 0.3) is 5.91 Å². The van der Waals surface area contributed by atoms with Gasteiger partial charge >= 0.3 is 0 Å². The highest BCUT2D eigenvalue weighted by Gasteiger charge is 2.15. The third-order valence-electron chi connectivity index (χ3n) is 4.16. The number of amides is 1. The summed E-state index contributed by atoms with van der Waals surface area (Å²) < 4.78 is 0. The van der Waals surface area contributed by atoms with Crippen molar-refractivity contribution in [2.45, 2.75) is 13.5 Å². The Morgan fingerprint density at radius 3 is 2.59 bits per heavy atom. The first kappa shape index (κ1) is 18.2. The van der Waals surface area contributed by atoms with Gasteiger partial charge < -0.3 is 10.2 Å². The predicted octanol–water partition coefficient (Wildman–Crippen LogP) is 4.36. The third-order valence-corrected chi connectivity index (χ3v) is 4.16. The lowest BCUT2D eigenvalue weighted by Gasteiger charge is -2.21. The van der Waals surface area contributed by atoms with Gasteiger partial charge in [-0.2, -0.15) is 5.26 Å². The molecule has 0 aliphatic rings. The second-order valence-corrected chi connectivity index (χ2v) is 6.05. The number of benzene rings is 2. The molecule has 27 heavy (non-hydrogen) atoms. The van der Waals surface area contributed by atoms with E-state index < -0.39 is 0 Å². The Balaban J connectivity index is 1.70.